The Morgan fingerprint density at radius 2 is 1.81 bits per heavy atom. The van der Waals surface area contributed by atoms with Gasteiger partial charge in [0.2, 0.25) is 0 Å². The minimum atomic E-state index is -1.22. The highest BCUT2D eigenvalue weighted by atomic mass is 35.5. The Hall–Kier alpha value is -2.86. The van der Waals surface area contributed by atoms with Gasteiger partial charge in [-0.2, -0.15) is 0 Å². The molecule has 1 aromatic heterocycles. The van der Waals surface area contributed by atoms with Gasteiger partial charge in [-0.1, -0.05) is 23.7 Å². The summed E-state index contributed by atoms with van der Waals surface area (Å²) in [6.45, 7) is 4.89. The second-order valence-electron chi connectivity index (χ2n) is 6.32. The Morgan fingerprint density at radius 1 is 1.15 bits per heavy atom. The van der Waals surface area contributed by atoms with Gasteiger partial charge in [0.1, 0.15) is 11.6 Å². The molecule has 0 aliphatic carbocycles. The van der Waals surface area contributed by atoms with Gasteiger partial charge < -0.3 is 4.74 Å². The number of hydrogen-bond acceptors (Lipinski definition) is 4. The highest BCUT2D eigenvalue weighted by molar-refractivity contribution is 6.30. The van der Waals surface area contributed by atoms with Crippen molar-refractivity contribution >= 4 is 28.4 Å². The van der Waals surface area contributed by atoms with Gasteiger partial charge in [-0.15, -0.1) is 0 Å². The molecule has 0 spiro atoms. The maximum atomic E-state index is 12.7. The SMILES string of the molecule is Cc1nc2ccccc2c(=O)n1NC(=O)C(C)(C)Oc1ccc(Cl)cc1. The molecular formula is C19H18ClN3O3. The predicted molar refractivity (Wildman–Crippen MR) is 101 cm³/mol. The highest BCUT2D eigenvalue weighted by Crippen LogP contribution is 2.21. The van der Waals surface area contributed by atoms with Crippen LogP contribution in [0.15, 0.2) is 53.3 Å². The Labute approximate surface area is 155 Å². The molecule has 7 heteroatoms. The number of aromatic nitrogens is 2. The normalized spacial score (nSPS) is 11.4. The van der Waals surface area contributed by atoms with Crippen molar-refractivity contribution in [3.63, 3.8) is 0 Å². The van der Waals surface area contributed by atoms with Crippen molar-refractivity contribution in [1.82, 2.24) is 9.66 Å². The molecular weight excluding hydrogens is 354 g/mol. The fourth-order valence-electron chi connectivity index (χ4n) is 2.46. The van der Waals surface area contributed by atoms with Crippen LogP contribution in [0, 0.1) is 6.92 Å². The summed E-state index contributed by atoms with van der Waals surface area (Å²) in [4.78, 5) is 29.7. The zero-order valence-electron chi connectivity index (χ0n) is 14.6. The van der Waals surface area contributed by atoms with Gasteiger partial charge in [0.15, 0.2) is 5.60 Å². The maximum absolute atomic E-state index is 12.7. The number of amides is 1. The highest BCUT2D eigenvalue weighted by Gasteiger charge is 2.31. The van der Waals surface area contributed by atoms with E-state index in [1.807, 2.05) is 0 Å². The fourth-order valence-corrected chi connectivity index (χ4v) is 2.58. The van der Waals surface area contributed by atoms with Gasteiger partial charge in [-0.3, -0.25) is 15.0 Å². The van der Waals surface area contributed by atoms with Crippen LogP contribution in [0.3, 0.4) is 0 Å². The molecule has 134 valence electrons. The summed E-state index contributed by atoms with van der Waals surface area (Å²) in [6, 6.07) is 13.7. The van der Waals surface area contributed by atoms with E-state index < -0.39 is 11.5 Å². The van der Waals surface area contributed by atoms with Gasteiger partial charge in [0, 0.05) is 5.02 Å². The van der Waals surface area contributed by atoms with Crippen LogP contribution in [-0.4, -0.2) is 21.2 Å². The van der Waals surface area contributed by atoms with Gasteiger partial charge >= 0.3 is 0 Å². The molecule has 0 saturated carbocycles. The molecule has 0 saturated heterocycles. The number of benzene rings is 2. The zero-order chi connectivity index (χ0) is 18.9. The molecule has 1 N–H and O–H groups in total. The molecule has 6 nitrogen and oxygen atoms in total. The number of nitrogens with zero attached hydrogens (tertiary/aromatic N) is 2. The lowest BCUT2D eigenvalue weighted by Crippen LogP contribution is -2.48. The second-order valence-corrected chi connectivity index (χ2v) is 6.76. The van der Waals surface area contributed by atoms with Gasteiger partial charge in [-0.25, -0.2) is 9.66 Å². The first kappa shape index (κ1) is 17.9. The summed E-state index contributed by atoms with van der Waals surface area (Å²) in [6.07, 6.45) is 0. The Balaban J connectivity index is 1.88. The van der Waals surface area contributed by atoms with Crippen molar-refractivity contribution in [3.05, 3.63) is 69.7 Å². The molecule has 1 amide bonds. The number of halogens is 1. The summed E-state index contributed by atoms with van der Waals surface area (Å²) in [7, 11) is 0. The Bertz CT molecular complexity index is 1030. The molecule has 0 aliphatic rings. The average molecular weight is 372 g/mol. The minimum absolute atomic E-state index is 0.344. The third-order valence-electron chi connectivity index (χ3n) is 3.89. The molecule has 0 atom stereocenters. The van der Waals surface area contributed by atoms with Gasteiger partial charge in [0.25, 0.3) is 11.5 Å². The molecule has 0 radical (unpaired) electrons. The van der Waals surface area contributed by atoms with Crippen LogP contribution in [0.1, 0.15) is 19.7 Å². The maximum Gasteiger partial charge on any atom is 0.282 e. The van der Waals surface area contributed by atoms with Crippen LogP contribution < -0.4 is 15.7 Å². The Morgan fingerprint density at radius 3 is 2.50 bits per heavy atom. The molecule has 0 fully saturated rings. The number of nitrogens with one attached hydrogen (secondary N) is 1. The van der Waals surface area contributed by atoms with E-state index >= 15 is 0 Å². The van der Waals surface area contributed by atoms with Crippen LogP contribution in [0.4, 0.5) is 0 Å². The molecule has 3 aromatic rings. The van der Waals surface area contributed by atoms with Crippen molar-refractivity contribution in [2.45, 2.75) is 26.4 Å². The summed E-state index contributed by atoms with van der Waals surface area (Å²) in [5.41, 5.74) is 1.61. The van der Waals surface area contributed by atoms with E-state index in [9.17, 15) is 9.59 Å². The van der Waals surface area contributed by atoms with E-state index in [0.29, 0.717) is 27.5 Å². The van der Waals surface area contributed by atoms with Crippen LogP contribution in [0.2, 0.25) is 5.02 Å². The number of carbonyl (C=O) groups excluding carboxylic acids is 1. The van der Waals surface area contributed by atoms with E-state index in [2.05, 4.69) is 10.4 Å². The molecule has 0 bridgehead atoms. The summed E-state index contributed by atoms with van der Waals surface area (Å²) >= 11 is 5.86. The summed E-state index contributed by atoms with van der Waals surface area (Å²) < 4.78 is 6.89. The van der Waals surface area contributed by atoms with E-state index in [1.165, 1.54) is 0 Å². The van der Waals surface area contributed by atoms with Crippen molar-refractivity contribution in [1.29, 1.82) is 0 Å². The van der Waals surface area contributed by atoms with Crippen molar-refractivity contribution < 1.29 is 9.53 Å². The molecule has 0 aliphatic heterocycles. The van der Waals surface area contributed by atoms with Crippen LogP contribution in [-0.2, 0) is 4.79 Å². The lowest BCUT2D eigenvalue weighted by atomic mass is 10.1. The monoisotopic (exact) mass is 371 g/mol. The topological polar surface area (TPSA) is 73.2 Å². The van der Waals surface area contributed by atoms with Crippen molar-refractivity contribution in [2.24, 2.45) is 0 Å². The number of para-hydroxylation sites is 1. The van der Waals surface area contributed by atoms with Gasteiger partial charge in [0.05, 0.1) is 10.9 Å². The number of fused-ring (bicyclic) bond motifs is 1. The van der Waals surface area contributed by atoms with E-state index in [0.717, 1.165) is 4.68 Å². The van der Waals surface area contributed by atoms with Crippen molar-refractivity contribution in [3.8, 4) is 5.75 Å². The van der Waals surface area contributed by atoms with E-state index in [-0.39, 0.29) is 5.56 Å². The fraction of sp³-hybridized carbons (Fsp3) is 0.211. The lowest BCUT2D eigenvalue weighted by molar-refractivity contribution is -0.129. The first-order chi connectivity index (χ1) is 12.3. The average Bonchev–Trinajstić information content (AvgIpc) is 2.60. The quantitative estimate of drug-likeness (QED) is 0.763. The molecule has 1 heterocycles. The molecule has 0 unspecified atom stereocenters. The standard InChI is InChI=1S/C19H18ClN3O3/c1-12-21-16-7-5-4-6-15(16)17(24)23(12)22-18(25)19(2,3)26-14-10-8-13(20)9-11-14/h4-11H,1-3H3,(H,22,25). The number of ether oxygens (including phenoxy) is 1. The zero-order valence-corrected chi connectivity index (χ0v) is 15.4. The van der Waals surface area contributed by atoms with Gasteiger partial charge in [-0.05, 0) is 57.2 Å². The van der Waals surface area contributed by atoms with E-state index in [1.54, 1.807) is 69.3 Å². The molecule has 2 aromatic carbocycles. The first-order valence-electron chi connectivity index (χ1n) is 8.02. The summed E-state index contributed by atoms with van der Waals surface area (Å²) in [5.74, 6) is 0.398. The number of rotatable bonds is 4. The smallest absolute Gasteiger partial charge is 0.282 e. The van der Waals surface area contributed by atoms with Crippen LogP contribution >= 0.6 is 11.6 Å². The second kappa shape index (κ2) is 6.80. The van der Waals surface area contributed by atoms with Crippen LogP contribution in [0.25, 0.3) is 10.9 Å². The number of aryl methyl sites for hydroxylation is 1. The summed E-state index contributed by atoms with van der Waals surface area (Å²) in [5, 5.41) is 0.999. The number of hydrogen-bond donors (Lipinski definition) is 1. The number of carbonyl (C=O) groups is 1. The molecule has 3 rings (SSSR count). The van der Waals surface area contributed by atoms with Crippen LogP contribution in [0.5, 0.6) is 5.75 Å². The third kappa shape index (κ3) is 3.55. The molecule has 26 heavy (non-hydrogen) atoms. The third-order valence-corrected chi connectivity index (χ3v) is 4.14. The minimum Gasteiger partial charge on any atom is -0.478 e. The first-order valence-corrected chi connectivity index (χ1v) is 8.40. The largest absolute Gasteiger partial charge is 0.478 e. The van der Waals surface area contributed by atoms with E-state index in [4.69, 9.17) is 16.3 Å². The Kier molecular flexibility index (Phi) is 4.70. The lowest BCUT2D eigenvalue weighted by Gasteiger charge is -2.26. The predicted octanol–water partition coefficient (Wildman–Crippen LogP) is 3.29. The van der Waals surface area contributed by atoms with Crippen molar-refractivity contribution in [2.75, 3.05) is 5.43 Å².